The Labute approximate surface area is 246 Å². The molecule has 8 heteroatoms. The quantitative estimate of drug-likeness (QED) is 0.172. The van der Waals surface area contributed by atoms with Crippen molar-refractivity contribution in [2.24, 2.45) is 0 Å². The lowest BCUT2D eigenvalue weighted by molar-refractivity contribution is 0.393. The number of hydrogen-bond donors (Lipinski definition) is 0. The number of ether oxygens (including phenoxy) is 8. The summed E-state index contributed by atoms with van der Waals surface area (Å²) in [6, 6.07) is 23.0. The van der Waals surface area contributed by atoms with Crippen molar-refractivity contribution in [3.8, 4) is 46.0 Å². The van der Waals surface area contributed by atoms with Gasteiger partial charge in [-0.05, 0) is 81.9 Å². The molecule has 0 atom stereocenters. The lowest BCUT2D eigenvalue weighted by Gasteiger charge is -2.22. The Bertz CT molecular complexity index is 1250. The molecule has 0 unspecified atom stereocenters. The van der Waals surface area contributed by atoms with E-state index in [9.17, 15) is 0 Å². The smallest absolute Gasteiger partial charge is 0.123 e. The second kappa shape index (κ2) is 13.6. The summed E-state index contributed by atoms with van der Waals surface area (Å²) in [5.74, 6) is 5.02. The molecule has 0 aliphatic heterocycles. The van der Waals surface area contributed by atoms with Crippen LogP contribution in [0.2, 0.25) is 0 Å². The van der Waals surface area contributed by atoms with E-state index in [1.807, 2.05) is 72.8 Å². The molecule has 220 valence electrons. The molecule has 0 heterocycles. The van der Waals surface area contributed by atoms with Crippen LogP contribution in [-0.4, -0.2) is 56.9 Å². The van der Waals surface area contributed by atoms with Crippen molar-refractivity contribution in [3.63, 3.8) is 0 Å². The van der Waals surface area contributed by atoms with Gasteiger partial charge in [0, 0.05) is 24.3 Å². The maximum absolute atomic E-state index is 5.68. The molecule has 0 amide bonds. The second-order valence-electron chi connectivity index (χ2n) is 9.16. The van der Waals surface area contributed by atoms with Gasteiger partial charge in [0.05, 0.1) is 56.9 Å². The summed E-state index contributed by atoms with van der Waals surface area (Å²) < 4.78 is 45.4. The zero-order valence-corrected chi connectivity index (χ0v) is 25.2. The van der Waals surface area contributed by atoms with Gasteiger partial charge in [-0.2, -0.15) is 0 Å². The first kappa shape index (κ1) is 30.0. The topological polar surface area (TPSA) is 73.8 Å². The fourth-order valence-corrected chi connectivity index (χ4v) is 4.72. The van der Waals surface area contributed by atoms with E-state index in [2.05, 4.69) is 0 Å². The number of rotatable bonds is 12. The van der Waals surface area contributed by atoms with Crippen molar-refractivity contribution < 1.29 is 37.9 Å². The van der Waals surface area contributed by atoms with E-state index in [-0.39, 0.29) is 0 Å². The summed E-state index contributed by atoms with van der Waals surface area (Å²) in [5.41, 5.74) is 4.94. The maximum Gasteiger partial charge on any atom is 0.123 e. The molecule has 4 rings (SSSR count). The van der Waals surface area contributed by atoms with Crippen LogP contribution in [0.25, 0.3) is 11.1 Å². The highest BCUT2D eigenvalue weighted by Crippen LogP contribution is 2.44. The first-order valence-corrected chi connectivity index (χ1v) is 13.1. The van der Waals surface area contributed by atoms with Gasteiger partial charge in [0.1, 0.15) is 46.0 Å². The molecule has 0 bridgehead atoms. The number of hydrogen-bond acceptors (Lipinski definition) is 8. The average molecular weight is 573 g/mol. The third kappa shape index (κ3) is 6.49. The zero-order valence-electron chi connectivity index (χ0n) is 25.2. The average Bonchev–Trinajstić information content (AvgIpc) is 3.05. The zero-order chi connectivity index (χ0) is 30.2. The Balaban J connectivity index is 2.28. The van der Waals surface area contributed by atoms with E-state index in [0.717, 1.165) is 33.4 Å². The van der Waals surface area contributed by atoms with Gasteiger partial charge >= 0.3 is 0 Å². The Morgan fingerprint density at radius 1 is 0.262 bits per heavy atom. The van der Waals surface area contributed by atoms with Crippen LogP contribution < -0.4 is 37.9 Å². The Kier molecular flexibility index (Phi) is 9.70. The molecular weight excluding hydrogens is 536 g/mol. The highest BCUT2D eigenvalue weighted by atomic mass is 16.5. The minimum Gasteiger partial charge on any atom is -0.497 e. The van der Waals surface area contributed by atoms with Gasteiger partial charge in [0.25, 0.3) is 0 Å². The summed E-state index contributed by atoms with van der Waals surface area (Å²) in [6.45, 7) is 0. The predicted octanol–water partition coefficient (Wildman–Crippen LogP) is 6.76. The first-order valence-electron chi connectivity index (χ1n) is 13.1. The Hall–Kier alpha value is -4.98. The van der Waals surface area contributed by atoms with Crippen LogP contribution >= 0.6 is 0 Å². The largest absolute Gasteiger partial charge is 0.497 e. The van der Waals surface area contributed by atoms with E-state index >= 15 is 0 Å². The second-order valence-corrected chi connectivity index (χ2v) is 9.16. The molecule has 0 aromatic heterocycles. The van der Waals surface area contributed by atoms with Gasteiger partial charge in [-0.1, -0.05) is 0 Å². The van der Waals surface area contributed by atoms with Crippen LogP contribution in [-0.2, 0) is 0 Å². The SMILES string of the molecule is COc1cc(OC)cc(C(=C(c2cc(OC)cc(OC)c2)c2cc(OC)cc(OC)c2)c2cc(OC)cc(OC)c2)c1. The van der Waals surface area contributed by atoms with Crippen LogP contribution in [0.4, 0.5) is 0 Å². The molecule has 0 N–H and O–H groups in total. The van der Waals surface area contributed by atoms with Crippen LogP contribution in [0.5, 0.6) is 46.0 Å². The van der Waals surface area contributed by atoms with E-state index in [1.54, 1.807) is 56.9 Å². The number of methoxy groups -OCH3 is 8. The molecule has 42 heavy (non-hydrogen) atoms. The monoisotopic (exact) mass is 572 g/mol. The van der Waals surface area contributed by atoms with Crippen LogP contribution in [0.1, 0.15) is 22.3 Å². The predicted molar refractivity (Wildman–Crippen MR) is 163 cm³/mol. The van der Waals surface area contributed by atoms with Crippen molar-refractivity contribution in [1.29, 1.82) is 0 Å². The van der Waals surface area contributed by atoms with Gasteiger partial charge in [0.2, 0.25) is 0 Å². The van der Waals surface area contributed by atoms with E-state index < -0.39 is 0 Å². The van der Waals surface area contributed by atoms with Crippen molar-refractivity contribution in [3.05, 3.63) is 95.1 Å². The lowest BCUT2D eigenvalue weighted by atomic mass is 9.85. The molecule has 0 radical (unpaired) electrons. The summed E-state index contributed by atoms with van der Waals surface area (Å²) >= 11 is 0. The third-order valence-corrected chi connectivity index (χ3v) is 6.81. The summed E-state index contributed by atoms with van der Waals surface area (Å²) in [4.78, 5) is 0. The van der Waals surface area contributed by atoms with Crippen molar-refractivity contribution in [2.75, 3.05) is 56.9 Å². The van der Waals surface area contributed by atoms with E-state index in [4.69, 9.17) is 37.9 Å². The molecule has 0 aliphatic carbocycles. The van der Waals surface area contributed by atoms with Crippen LogP contribution in [0, 0.1) is 0 Å². The molecule has 0 fully saturated rings. The minimum atomic E-state index is 0.627. The standard InChI is InChI=1S/C34H36O8/c1-35-25-9-21(10-26(17-25)36-2)33(22-11-27(37-3)18-28(12-22)38-4)34(23-13-29(39-5)19-30(14-23)40-6)24-15-31(41-7)20-32(16-24)42-8/h9-20H,1-8H3. The minimum absolute atomic E-state index is 0.627. The van der Waals surface area contributed by atoms with E-state index in [1.165, 1.54) is 0 Å². The Morgan fingerprint density at radius 2 is 0.405 bits per heavy atom. The van der Waals surface area contributed by atoms with Gasteiger partial charge in [-0.25, -0.2) is 0 Å². The normalized spacial score (nSPS) is 10.4. The molecule has 8 nitrogen and oxygen atoms in total. The summed E-state index contributed by atoms with van der Waals surface area (Å²) in [6.07, 6.45) is 0. The Morgan fingerprint density at radius 3 is 0.524 bits per heavy atom. The lowest BCUT2D eigenvalue weighted by Crippen LogP contribution is -2.02. The molecule has 4 aromatic carbocycles. The third-order valence-electron chi connectivity index (χ3n) is 6.81. The maximum atomic E-state index is 5.68. The van der Waals surface area contributed by atoms with Crippen molar-refractivity contribution in [1.82, 2.24) is 0 Å². The fourth-order valence-electron chi connectivity index (χ4n) is 4.72. The molecule has 4 aromatic rings. The van der Waals surface area contributed by atoms with Gasteiger partial charge in [-0.3, -0.25) is 0 Å². The molecule has 0 saturated carbocycles. The molecule has 0 aliphatic rings. The summed E-state index contributed by atoms with van der Waals surface area (Å²) in [5, 5.41) is 0. The van der Waals surface area contributed by atoms with Gasteiger partial charge < -0.3 is 37.9 Å². The van der Waals surface area contributed by atoms with Gasteiger partial charge in [0.15, 0.2) is 0 Å². The van der Waals surface area contributed by atoms with Gasteiger partial charge in [-0.15, -0.1) is 0 Å². The highest BCUT2D eigenvalue weighted by Gasteiger charge is 2.22. The van der Waals surface area contributed by atoms with Crippen molar-refractivity contribution >= 4 is 11.1 Å². The molecule has 0 saturated heterocycles. The van der Waals surface area contributed by atoms with Crippen molar-refractivity contribution in [2.45, 2.75) is 0 Å². The molecular formula is C34H36O8. The van der Waals surface area contributed by atoms with E-state index in [0.29, 0.717) is 46.0 Å². The first-order chi connectivity index (χ1) is 20.4. The highest BCUT2D eigenvalue weighted by molar-refractivity contribution is 6.05. The molecule has 0 spiro atoms. The summed E-state index contributed by atoms with van der Waals surface area (Å²) in [7, 11) is 13.0. The number of benzene rings is 4. The van der Waals surface area contributed by atoms with Crippen LogP contribution in [0.3, 0.4) is 0 Å². The van der Waals surface area contributed by atoms with Crippen LogP contribution in [0.15, 0.2) is 72.8 Å². The fraction of sp³-hybridized carbons (Fsp3) is 0.235.